The molecule has 6 nitrogen and oxygen atoms in total. The Morgan fingerprint density at radius 3 is 2.54 bits per heavy atom. The summed E-state index contributed by atoms with van der Waals surface area (Å²) in [6.45, 7) is 1.17. The van der Waals surface area contributed by atoms with Crippen LogP contribution in [0.25, 0.3) is 11.0 Å². The fraction of sp³-hybridized carbons (Fsp3) is 0.318. The van der Waals surface area contributed by atoms with Crippen molar-refractivity contribution in [3.05, 3.63) is 59.8 Å². The van der Waals surface area contributed by atoms with Crippen LogP contribution >= 0.6 is 0 Å². The highest BCUT2D eigenvalue weighted by molar-refractivity contribution is 5.98. The van der Waals surface area contributed by atoms with Gasteiger partial charge >= 0.3 is 0 Å². The van der Waals surface area contributed by atoms with Crippen LogP contribution in [0.3, 0.4) is 0 Å². The van der Waals surface area contributed by atoms with Crippen molar-refractivity contribution in [1.82, 2.24) is 10.1 Å². The third-order valence-corrected chi connectivity index (χ3v) is 5.36. The number of rotatable bonds is 5. The van der Waals surface area contributed by atoms with Gasteiger partial charge in [0.05, 0.1) is 13.5 Å². The van der Waals surface area contributed by atoms with Gasteiger partial charge in [-0.2, -0.15) is 0 Å². The summed E-state index contributed by atoms with van der Waals surface area (Å²) in [6.07, 6.45) is 1.57. The minimum absolute atomic E-state index is 0.0226. The first kappa shape index (κ1) is 18.2. The molecule has 0 aliphatic carbocycles. The smallest absolute Gasteiger partial charge is 0.228 e. The number of hydrogen-bond acceptors (Lipinski definition) is 5. The quantitative estimate of drug-likeness (QED) is 0.636. The second kappa shape index (κ2) is 7.84. The Kier molecular flexibility index (Phi) is 5.10. The number of para-hydroxylation sites is 1. The van der Waals surface area contributed by atoms with E-state index in [4.69, 9.17) is 9.26 Å². The topological polar surface area (TPSA) is 72.6 Å². The predicted octanol–water partition coefficient (Wildman–Crippen LogP) is 3.50. The van der Waals surface area contributed by atoms with Crippen LogP contribution in [-0.2, 0) is 11.2 Å². The van der Waals surface area contributed by atoms with Crippen LogP contribution in [0, 0.1) is 5.92 Å². The first-order chi connectivity index (χ1) is 13.7. The molecule has 0 bridgehead atoms. The molecule has 0 unspecified atom stereocenters. The minimum Gasteiger partial charge on any atom is -0.497 e. The number of benzene rings is 2. The van der Waals surface area contributed by atoms with Gasteiger partial charge in [0.15, 0.2) is 11.4 Å². The summed E-state index contributed by atoms with van der Waals surface area (Å²) in [5, 5.41) is 4.92. The van der Waals surface area contributed by atoms with Crippen LogP contribution in [0.1, 0.15) is 28.9 Å². The molecule has 4 rings (SSSR count). The molecule has 3 aromatic rings. The molecule has 0 N–H and O–H groups in total. The van der Waals surface area contributed by atoms with Crippen molar-refractivity contribution in [1.29, 1.82) is 0 Å². The molecule has 28 heavy (non-hydrogen) atoms. The van der Waals surface area contributed by atoms with Gasteiger partial charge in [0.1, 0.15) is 11.4 Å². The van der Waals surface area contributed by atoms with E-state index in [2.05, 4.69) is 5.16 Å². The number of carbonyl (C=O) groups excluding carboxylic acids is 2. The van der Waals surface area contributed by atoms with Gasteiger partial charge in [-0.05, 0) is 49.2 Å². The van der Waals surface area contributed by atoms with Crippen molar-refractivity contribution in [2.45, 2.75) is 19.3 Å². The standard InChI is InChI=1S/C22H22N2O4/c1-27-17-8-6-15(7-9-17)22(26)16-10-12-24(13-11-16)21(25)14-19-18-4-2-3-5-20(18)28-23-19/h2-9,16H,10-14H2,1H3. The summed E-state index contributed by atoms with van der Waals surface area (Å²) in [5.41, 5.74) is 2.05. The maximum atomic E-state index is 12.7. The largest absolute Gasteiger partial charge is 0.497 e. The molecular formula is C22H22N2O4. The van der Waals surface area contributed by atoms with Crippen LogP contribution in [0.2, 0.25) is 0 Å². The average Bonchev–Trinajstić information content (AvgIpc) is 3.16. The van der Waals surface area contributed by atoms with Gasteiger partial charge in [-0.25, -0.2) is 0 Å². The highest BCUT2D eigenvalue weighted by atomic mass is 16.5. The molecule has 6 heteroatoms. The van der Waals surface area contributed by atoms with E-state index in [1.807, 2.05) is 29.2 Å². The zero-order valence-electron chi connectivity index (χ0n) is 15.8. The van der Waals surface area contributed by atoms with Crippen molar-refractivity contribution in [2.24, 2.45) is 5.92 Å². The van der Waals surface area contributed by atoms with E-state index in [-0.39, 0.29) is 24.0 Å². The molecule has 0 radical (unpaired) electrons. The lowest BCUT2D eigenvalue weighted by atomic mass is 9.88. The van der Waals surface area contributed by atoms with Gasteiger partial charge in [0.2, 0.25) is 5.91 Å². The molecule has 2 heterocycles. The molecule has 1 aliphatic heterocycles. The highest BCUT2D eigenvalue weighted by Crippen LogP contribution is 2.24. The van der Waals surface area contributed by atoms with Gasteiger partial charge in [-0.3, -0.25) is 9.59 Å². The molecule has 0 spiro atoms. The monoisotopic (exact) mass is 378 g/mol. The number of piperidine rings is 1. The summed E-state index contributed by atoms with van der Waals surface area (Å²) in [6, 6.07) is 14.7. The van der Waals surface area contributed by atoms with E-state index in [0.717, 1.165) is 11.1 Å². The molecular weight excluding hydrogens is 356 g/mol. The number of methoxy groups -OCH3 is 1. The number of Topliss-reactive ketones (excluding diaryl/α,β-unsaturated/α-hetero) is 1. The van der Waals surface area contributed by atoms with E-state index in [0.29, 0.717) is 42.8 Å². The Morgan fingerprint density at radius 2 is 1.82 bits per heavy atom. The molecule has 2 aromatic carbocycles. The van der Waals surface area contributed by atoms with E-state index >= 15 is 0 Å². The second-order valence-electron chi connectivity index (χ2n) is 7.05. The third-order valence-electron chi connectivity index (χ3n) is 5.36. The number of carbonyl (C=O) groups is 2. The number of amides is 1. The number of ketones is 1. The zero-order chi connectivity index (χ0) is 19.5. The highest BCUT2D eigenvalue weighted by Gasteiger charge is 2.28. The molecule has 1 aromatic heterocycles. The SMILES string of the molecule is COc1ccc(C(=O)C2CCN(C(=O)Cc3noc4ccccc34)CC2)cc1. The van der Waals surface area contributed by atoms with Crippen LogP contribution in [0.15, 0.2) is 53.1 Å². The normalized spacial score (nSPS) is 15.0. The summed E-state index contributed by atoms with van der Waals surface area (Å²) in [4.78, 5) is 27.2. The average molecular weight is 378 g/mol. The van der Waals surface area contributed by atoms with Gasteiger partial charge in [0.25, 0.3) is 0 Å². The van der Waals surface area contributed by atoms with Crippen molar-refractivity contribution in [3.63, 3.8) is 0 Å². The molecule has 1 amide bonds. The van der Waals surface area contributed by atoms with Crippen LogP contribution in [-0.4, -0.2) is 41.9 Å². The number of likely N-dealkylation sites (tertiary alicyclic amines) is 1. The number of ether oxygens (including phenoxy) is 1. The predicted molar refractivity (Wildman–Crippen MR) is 104 cm³/mol. The Hall–Kier alpha value is -3.15. The van der Waals surface area contributed by atoms with E-state index < -0.39 is 0 Å². The lowest BCUT2D eigenvalue weighted by Gasteiger charge is -2.31. The Labute approximate surface area is 163 Å². The number of fused-ring (bicyclic) bond motifs is 1. The summed E-state index contributed by atoms with van der Waals surface area (Å²) >= 11 is 0. The Bertz CT molecular complexity index is 985. The number of nitrogens with zero attached hydrogens (tertiary/aromatic N) is 2. The fourth-order valence-electron chi connectivity index (χ4n) is 3.70. The fourth-order valence-corrected chi connectivity index (χ4v) is 3.70. The molecule has 144 valence electrons. The molecule has 1 aliphatic rings. The summed E-state index contributed by atoms with van der Waals surface area (Å²) in [5.74, 6) is 0.842. The zero-order valence-corrected chi connectivity index (χ0v) is 15.8. The van der Waals surface area contributed by atoms with Gasteiger partial charge < -0.3 is 14.2 Å². The van der Waals surface area contributed by atoms with Crippen molar-refractivity contribution >= 4 is 22.7 Å². The Balaban J connectivity index is 1.35. The van der Waals surface area contributed by atoms with Crippen LogP contribution < -0.4 is 4.74 Å². The number of hydrogen-bond donors (Lipinski definition) is 0. The number of aromatic nitrogens is 1. The maximum absolute atomic E-state index is 12.7. The van der Waals surface area contributed by atoms with E-state index in [1.54, 1.807) is 31.4 Å². The maximum Gasteiger partial charge on any atom is 0.228 e. The third kappa shape index (κ3) is 3.63. The summed E-state index contributed by atoms with van der Waals surface area (Å²) in [7, 11) is 1.60. The molecule has 0 atom stereocenters. The molecule has 0 saturated carbocycles. The van der Waals surface area contributed by atoms with Crippen molar-refractivity contribution < 1.29 is 18.8 Å². The summed E-state index contributed by atoms with van der Waals surface area (Å²) < 4.78 is 10.4. The van der Waals surface area contributed by atoms with Gasteiger partial charge in [-0.15, -0.1) is 0 Å². The lowest BCUT2D eigenvalue weighted by molar-refractivity contribution is -0.131. The van der Waals surface area contributed by atoms with Gasteiger partial charge in [0, 0.05) is 30.0 Å². The first-order valence-corrected chi connectivity index (χ1v) is 9.45. The van der Waals surface area contributed by atoms with Crippen molar-refractivity contribution in [2.75, 3.05) is 20.2 Å². The van der Waals surface area contributed by atoms with Crippen LogP contribution in [0.4, 0.5) is 0 Å². The molecule has 1 saturated heterocycles. The first-order valence-electron chi connectivity index (χ1n) is 9.45. The van der Waals surface area contributed by atoms with E-state index in [9.17, 15) is 9.59 Å². The van der Waals surface area contributed by atoms with Gasteiger partial charge in [-0.1, -0.05) is 17.3 Å². The second-order valence-corrected chi connectivity index (χ2v) is 7.05. The minimum atomic E-state index is -0.0506. The molecule has 1 fully saturated rings. The van der Waals surface area contributed by atoms with E-state index in [1.165, 1.54) is 0 Å². The lowest BCUT2D eigenvalue weighted by Crippen LogP contribution is -2.41. The van der Waals surface area contributed by atoms with Crippen LogP contribution in [0.5, 0.6) is 5.75 Å². The van der Waals surface area contributed by atoms with Crippen molar-refractivity contribution in [3.8, 4) is 5.75 Å². The Morgan fingerprint density at radius 1 is 1.11 bits per heavy atom.